The Hall–Kier alpha value is -0.810. The Morgan fingerprint density at radius 1 is 1.77 bits per heavy atom. The normalized spacial score (nSPS) is 12.8. The number of nitrogens with zero attached hydrogens (tertiary/aromatic N) is 1. The van der Waals surface area contributed by atoms with E-state index in [1.807, 2.05) is 6.92 Å². The van der Waals surface area contributed by atoms with Crippen molar-refractivity contribution in [1.82, 2.24) is 9.97 Å². The SMILES string of the molecule is Cc1nc(SC(C)CO)cc(=O)[nH]1. The van der Waals surface area contributed by atoms with E-state index in [4.69, 9.17) is 5.11 Å². The van der Waals surface area contributed by atoms with Gasteiger partial charge in [-0.2, -0.15) is 0 Å². The first-order valence-electron chi connectivity index (χ1n) is 3.97. The predicted molar refractivity (Wildman–Crippen MR) is 52.0 cm³/mol. The van der Waals surface area contributed by atoms with Crippen molar-refractivity contribution < 1.29 is 5.11 Å². The summed E-state index contributed by atoms with van der Waals surface area (Å²) in [4.78, 5) is 17.7. The van der Waals surface area contributed by atoms with Crippen LogP contribution in [0.3, 0.4) is 0 Å². The molecule has 0 aliphatic carbocycles. The van der Waals surface area contributed by atoms with Crippen LogP contribution in [0, 0.1) is 6.92 Å². The fourth-order valence-electron chi connectivity index (χ4n) is 0.856. The van der Waals surface area contributed by atoms with Crippen LogP contribution in [-0.2, 0) is 0 Å². The van der Waals surface area contributed by atoms with Gasteiger partial charge < -0.3 is 10.1 Å². The highest BCUT2D eigenvalue weighted by Gasteiger charge is 2.04. The predicted octanol–water partition coefficient (Wildman–Crippen LogP) is 0.551. The number of aromatic nitrogens is 2. The Balaban J connectivity index is 2.83. The van der Waals surface area contributed by atoms with Gasteiger partial charge in [0, 0.05) is 11.3 Å². The average molecular weight is 200 g/mol. The molecule has 1 unspecified atom stereocenters. The molecule has 1 aromatic rings. The van der Waals surface area contributed by atoms with Gasteiger partial charge in [-0.1, -0.05) is 6.92 Å². The van der Waals surface area contributed by atoms with E-state index in [1.54, 1.807) is 6.92 Å². The van der Waals surface area contributed by atoms with E-state index in [0.29, 0.717) is 10.9 Å². The number of thioether (sulfide) groups is 1. The van der Waals surface area contributed by atoms with Crippen molar-refractivity contribution in [2.45, 2.75) is 24.1 Å². The van der Waals surface area contributed by atoms with E-state index < -0.39 is 0 Å². The number of aliphatic hydroxyl groups is 1. The average Bonchev–Trinajstić information content (AvgIpc) is 2.02. The molecule has 72 valence electrons. The number of aryl methyl sites for hydroxylation is 1. The second-order valence-electron chi connectivity index (χ2n) is 2.78. The van der Waals surface area contributed by atoms with E-state index >= 15 is 0 Å². The molecule has 0 spiro atoms. The van der Waals surface area contributed by atoms with Crippen LogP contribution in [0.25, 0.3) is 0 Å². The van der Waals surface area contributed by atoms with E-state index in [1.165, 1.54) is 17.8 Å². The van der Waals surface area contributed by atoms with Gasteiger partial charge in [0.1, 0.15) is 10.9 Å². The molecule has 2 N–H and O–H groups in total. The van der Waals surface area contributed by atoms with Crippen molar-refractivity contribution in [3.63, 3.8) is 0 Å². The lowest BCUT2D eigenvalue weighted by molar-refractivity contribution is 0.300. The molecule has 0 amide bonds. The van der Waals surface area contributed by atoms with E-state index in [0.717, 1.165) is 0 Å². The summed E-state index contributed by atoms with van der Waals surface area (Å²) in [5.74, 6) is 0.597. The van der Waals surface area contributed by atoms with Gasteiger partial charge in [0.2, 0.25) is 0 Å². The molecule has 4 nitrogen and oxygen atoms in total. The molecule has 1 aromatic heterocycles. The molecule has 0 fully saturated rings. The van der Waals surface area contributed by atoms with E-state index in [-0.39, 0.29) is 17.4 Å². The topological polar surface area (TPSA) is 66.0 Å². The summed E-state index contributed by atoms with van der Waals surface area (Å²) < 4.78 is 0. The maximum Gasteiger partial charge on any atom is 0.251 e. The highest BCUT2D eigenvalue weighted by Crippen LogP contribution is 2.18. The Morgan fingerprint density at radius 2 is 2.46 bits per heavy atom. The summed E-state index contributed by atoms with van der Waals surface area (Å²) >= 11 is 1.39. The molecule has 1 atom stereocenters. The van der Waals surface area contributed by atoms with Gasteiger partial charge in [-0.3, -0.25) is 4.79 Å². The summed E-state index contributed by atoms with van der Waals surface area (Å²) in [7, 11) is 0. The van der Waals surface area contributed by atoms with Crippen LogP contribution in [0.1, 0.15) is 12.7 Å². The molecule has 0 saturated heterocycles. The highest BCUT2D eigenvalue weighted by molar-refractivity contribution is 7.99. The summed E-state index contributed by atoms with van der Waals surface area (Å²) in [6.07, 6.45) is 0. The third kappa shape index (κ3) is 3.20. The summed E-state index contributed by atoms with van der Waals surface area (Å²) in [5, 5.41) is 9.52. The third-order valence-corrected chi connectivity index (χ3v) is 2.42. The van der Waals surface area contributed by atoms with Crippen molar-refractivity contribution in [3.05, 3.63) is 22.2 Å². The zero-order valence-corrected chi connectivity index (χ0v) is 8.39. The van der Waals surface area contributed by atoms with Gasteiger partial charge in [-0.25, -0.2) is 4.98 Å². The van der Waals surface area contributed by atoms with Crippen LogP contribution in [0.2, 0.25) is 0 Å². The number of rotatable bonds is 3. The fourth-order valence-corrected chi connectivity index (χ4v) is 1.71. The van der Waals surface area contributed by atoms with Crippen molar-refractivity contribution in [3.8, 4) is 0 Å². The minimum atomic E-state index is -0.153. The maximum absolute atomic E-state index is 11.0. The lowest BCUT2D eigenvalue weighted by Crippen LogP contribution is -2.10. The summed E-state index contributed by atoms with van der Waals surface area (Å²) in [6, 6.07) is 1.43. The molecule has 0 aromatic carbocycles. The van der Waals surface area contributed by atoms with Crippen molar-refractivity contribution in [1.29, 1.82) is 0 Å². The van der Waals surface area contributed by atoms with Crippen molar-refractivity contribution in [2.24, 2.45) is 0 Å². The second-order valence-corrected chi connectivity index (χ2v) is 4.24. The quantitative estimate of drug-likeness (QED) is 0.552. The number of aliphatic hydroxyl groups excluding tert-OH is 1. The lowest BCUT2D eigenvalue weighted by atomic mass is 10.5. The van der Waals surface area contributed by atoms with Gasteiger partial charge in [0.25, 0.3) is 5.56 Å². The lowest BCUT2D eigenvalue weighted by Gasteiger charge is -2.05. The smallest absolute Gasteiger partial charge is 0.251 e. The van der Waals surface area contributed by atoms with Gasteiger partial charge in [-0.15, -0.1) is 11.8 Å². The third-order valence-electron chi connectivity index (χ3n) is 1.42. The molecule has 0 radical (unpaired) electrons. The van der Waals surface area contributed by atoms with Crippen LogP contribution < -0.4 is 5.56 Å². The Kier molecular flexibility index (Phi) is 3.50. The molecule has 0 aliphatic rings. The Morgan fingerprint density at radius 3 is 3.00 bits per heavy atom. The minimum Gasteiger partial charge on any atom is -0.395 e. The van der Waals surface area contributed by atoms with Gasteiger partial charge in [-0.05, 0) is 6.92 Å². The van der Waals surface area contributed by atoms with Crippen LogP contribution in [0.5, 0.6) is 0 Å². The van der Waals surface area contributed by atoms with Crippen LogP contribution in [-0.4, -0.2) is 26.9 Å². The monoisotopic (exact) mass is 200 g/mol. The number of aromatic amines is 1. The number of H-pyrrole nitrogens is 1. The zero-order chi connectivity index (χ0) is 9.84. The van der Waals surface area contributed by atoms with Gasteiger partial charge >= 0.3 is 0 Å². The van der Waals surface area contributed by atoms with Gasteiger partial charge in [0.05, 0.1) is 6.61 Å². The molecule has 0 saturated carbocycles. The van der Waals surface area contributed by atoms with E-state index in [9.17, 15) is 4.79 Å². The van der Waals surface area contributed by atoms with Gasteiger partial charge in [0.15, 0.2) is 0 Å². The fraction of sp³-hybridized carbons (Fsp3) is 0.500. The summed E-state index contributed by atoms with van der Waals surface area (Å²) in [5.41, 5.74) is -0.153. The Labute approximate surface area is 80.4 Å². The Bertz CT molecular complexity index is 337. The molecule has 0 aliphatic heterocycles. The largest absolute Gasteiger partial charge is 0.395 e. The van der Waals surface area contributed by atoms with Crippen LogP contribution in [0.4, 0.5) is 0 Å². The van der Waals surface area contributed by atoms with Crippen LogP contribution in [0.15, 0.2) is 15.9 Å². The summed E-state index contributed by atoms with van der Waals surface area (Å²) in [6.45, 7) is 3.69. The molecule has 1 heterocycles. The standard InChI is InChI=1S/C8H12N2O2S/c1-5(4-11)13-8-3-7(12)9-6(2)10-8/h3,5,11H,4H2,1-2H3,(H,9,10,12). The zero-order valence-electron chi connectivity index (χ0n) is 7.57. The first-order chi connectivity index (χ1) is 6.11. The minimum absolute atomic E-state index is 0.0636. The number of nitrogens with one attached hydrogen (secondary N) is 1. The van der Waals surface area contributed by atoms with Crippen LogP contribution >= 0.6 is 11.8 Å². The highest BCUT2D eigenvalue weighted by atomic mass is 32.2. The van der Waals surface area contributed by atoms with Crippen molar-refractivity contribution in [2.75, 3.05) is 6.61 Å². The first-order valence-corrected chi connectivity index (χ1v) is 4.85. The molecule has 1 rings (SSSR count). The second kappa shape index (κ2) is 4.43. The molecule has 13 heavy (non-hydrogen) atoms. The van der Waals surface area contributed by atoms with Crippen molar-refractivity contribution >= 4 is 11.8 Å². The molecule has 0 bridgehead atoms. The number of hydrogen-bond acceptors (Lipinski definition) is 4. The first kappa shape index (κ1) is 10.3. The molecule has 5 heteroatoms. The maximum atomic E-state index is 11.0. The molecular weight excluding hydrogens is 188 g/mol. The number of hydrogen-bond donors (Lipinski definition) is 2. The molecular formula is C8H12N2O2S. The van der Waals surface area contributed by atoms with E-state index in [2.05, 4.69) is 9.97 Å².